The minimum Gasteiger partial charge on any atom is -0.352 e. The maximum absolute atomic E-state index is 13.6. The molecule has 0 fully saturated rings. The van der Waals surface area contributed by atoms with Crippen molar-refractivity contribution >= 4 is 56.4 Å². The number of benzene rings is 2. The largest absolute Gasteiger partial charge is 0.352 e. The van der Waals surface area contributed by atoms with Crippen LogP contribution in [0.5, 0.6) is 0 Å². The third kappa shape index (κ3) is 7.55. The SMILES string of the molecule is Cc1ccc([N+](=O)[O-])cc1N(CC(=O)N(Cc1ccc(Cl)cc1Cl)[C@H](C)C(=O)NC(C)C)S(C)(=O)=O. The Morgan fingerprint density at radius 3 is 2.28 bits per heavy atom. The number of nitrogens with one attached hydrogen (secondary N) is 1. The number of nitro groups is 1. The number of carbonyl (C=O) groups is 2. The maximum atomic E-state index is 13.6. The fraction of sp³-hybridized carbons (Fsp3) is 0.391. The molecule has 0 saturated heterocycles. The molecule has 0 aliphatic rings. The average molecular weight is 559 g/mol. The number of carbonyl (C=O) groups excluding carboxylic acids is 2. The molecule has 0 spiro atoms. The van der Waals surface area contributed by atoms with E-state index in [-0.39, 0.29) is 29.0 Å². The number of anilines is 1. The molecule has 1 atom stereocenters. The summed E-state index contributed by atoms with van der Waals surface area (Å²) in [6.07, 6.45) is 0.897. The summed E-state index contributed by atoms with van der Waals surface area (Å²) in [4.78, 5) is 38.2. The van der Waals surface area contributed by atoms with Crippen LogP contribution in [0, 0.1) is 17.0 Å². The molecule has 0 aliphatic carbocycles. The molecule has 2 aromatic rings. The first-order valence-corrected chi connectivity index (χ1v) is 13.5. The Balaban J connectivity index is 2.52. The summed E-state index contributed by atoms with van der Waals surface area (Å²) in [5.74, 6) is -1.15. The number of nitro benzene ring substituents is 1. The zero-order chi connectivity index (χ0) is 27.4. The van der Waals surface area contributed by atoms with E-state index in [1.807, 2.05) is 0 Å². The van der Waals surface area contributed by atoms with Crippen molar-refractivity contribution in [3.05, 3.63) is 67.7 Å². The highest BCUT2D eigenvalue weighted by atomic mass is 35.5. The van der Waals surface area contributed by atoms with Crippen molar-refractivity contribution in [1.29, 1.82) is 0 Å². The molecule has 0 heterocycles. The average Bonchev–Trinajstić information content (AvgIpc) is 2.75. The van der Waals surface area contributed by atoms with E-state index in [2.05, 4.69) is 5.32 Å². The second-order valence-corrected chi connectivity index (χ2v) is 11.3. The fourth-order valence-electron chi connectivity index (χ4n) is 3.40. The van der Waals surface area contributed by atoms with Crippen molar-refractivity contribution in [3.63, 3.8) is 0 Å². The van der Waals surface area contributed by atoms with Crippen LogP contribution in [-0.2, 0) is 26.2 Å². The predicted octanol–water partition coefficient (Wildman–Crippen LogP) is 3.92. The third-order valence-corrected chi connectivity index (χ3v) is 7.02. The van der Waals surface area contributed by atoms with E-state index in [9.17, 15) is 28.1 Å². The standard InChI is InChI=1S/C23H28Cl2N4O6S/c1-14(2)26-23(31)16(4)27(12-17-7-8-18(24)10-20(17)25)22(30)13-28(36(5,34)35)21-11-19(29(32)33)9-6-15(21)3/h6-11,14,16H,12-13H2,1-5H3,(H,26,31)/t16-/m1/s1. The van der Waals surface area contributed by atoms with Crippen LogP contribution in [0.3, 0.4) is 0 Å². The molecule has 36 heavy (non-hydrogen) atoms. The minimum absolute atomic E-state index is 0.0104. The highest BCUT2D eigenvalue weighted by Gasteiger charge is 2.31. The number of amides is 2. The second-order valence-electron chi connectivity index (χ2n) is 8.59. The molecule has 2 amide bonds. The third-order valence-electron chi connectivity index (χ3n) is 5.31. The topological polar surface area (TPSA) is 130 Å². The number of nitrogens with zero attached hydrogens (tertiary/aromatic N) is 3. The van der Waals surface area contributed by atoms with Crippen molar-refractivity contribution in [1.82, 2.24) is 10.2 Å². The lowest BCUT2D eigenvalue weighted by atomic mass is 10.1. The molecule has 0 bridgehead atoms. The fourth-order valence-corrected chi connectivity index (χ4v) is 4.76. The van der Waals surface area contributed by atoms with Gasteiger partial charge in [-0.15, -0.1) is 0 Å². The predicted molar refractivity (Wildman–Crippen MR) is 140 cm³/mol. The summed E-state index contributed by atoms with van der Waals surface area (Å²) in [5, 5.41) is 14.7. The zero-order valence-corrected chi connectivity index (χ0v) is 22.8. The molecular formula is C23H28Cl2N4O6S. The summed E-state index contributed by atoms with van der Waals surface area (Å²) in [6, 6.07) is 7.24. The Hall–Kier alpha value is -2.89. The van der Waals surface area contributed by atoms with E-state index < -0.39 is 39.3 Å². The van der Waals surface area contributed by atoms with E-state index in [0.29, 0.717) is 16.1 Å². The maximum Gasteiger partial charge on any atom is 0.271 e. The van der Waals surface area contributed by atoms with Crippen molar-refractivity contribution < 1.29 is 22.9 Å². The van der Waals surface area contributed by atoms with Crippen LogP contribution in [0.1, 0.15) is 31.9 Å². The second kappa shape index (κ2) is 11.9. The molecule has 0 radical (unpaired) electrons. The van der Waals surface area contributed by atoms with Crippen molar-refractivity contribution in [2.24, 2.45) is 0 Å². The van der Waals surface area contributed by atoms with Crippen LogP contribution >= 0.6 is 23.2 Å². The van der Waals surface area contributed by atoms with Crippen LogP contribution in [0.4, 0.5) is 11.4 Å². The number of non-ortho nitro benzene ring substituents is 1. The molecule has 0 aliphatic heterocycles. The van der Waals surface area contributed by atoms with Gasteiger partial charge >= 0.3 is 0 Å². The highest BCUT2D eigenvalue weighted by Crippen LogP contribution is 2.28. The van der Waals surface area contributed by atoms with Gasteiger partial charge in [0.2, 0.25) is 21.8 Å². The van der Waals surface area contributed by atoms with Crippen molar-refractivity contribution in [3.8, 4) is 0 Å². The molecule has 0 saturated carbocycles. The Morgan fingerprint density at radius 2 is 1.75 bits per heavy atom. The van der Waals surface area contributed by atoms with Gasteiger partial charge in [-0.2, -0.15) is 0 Å². The molecule has 1 N–H and O–H groups in total. The van der Waals surface area contributed by atoms with Gasteiger partial charge in [0.25, 0.3) is 5.69 Å². The van der Waals surface area contributed by atoms with E-state index >= 15 is 0 Å². The molecule has 0 aromatic heterocycles. The summed E-state index contributed by atoms with van der Waals surface area (Å²) >= 11 is 12.3. The van der Waals surface area contributed by atoms with Gasteiger partial charge in [0, 0.05) is 34.8 Å². The summed E-state index contributed by atoms with van der Waals surface area (Å²) in [5.41, 5.74) is 0.572. The number of halogens is 2. The summed E-state index contributed by atoms with van der Waals surface area (Å²) in [6.45, 7) is 5.83. The van der Waals surface area contributed by atoms with E-state index in [0.717, 1.165) is 16.6 Å². The Morgan fingerprint density at radius 1 is 1.11 bits per heavy atom. The number of aryl methyl sites for hydroxylation is 1. The van der Waals surface area contributed by atoms with E-state index in [4.69, 9.17) is 23.2 Å². The number of hydrogen-bond acceptors (Lipinski definition) is 6. The minimum atomic E-state index is -4.04. The molecular weight excluding hydrogens is 531 g/mol. The lowest BCUT2D eigenvalue weighted by Gasteiger charge is -2.32. The molecule has 2 rings (SSSR count). The van der Waals surface area contributed by atoms with Crippen LogP contribution < -0.4 is 9.62 Å². The lowest BCUT2D eigenvalue weighted by molar-refractivity contribution is -0.384. The Labute approximate surface area is 220 Å². The van der Waals surface area contributed by atoms with Gasteiger partial charge in [0.15, 0.2) is 0 Å². The lowest BCUT2D eigenvalue weighted by Crippen LogP contribution is -2.52. The monoisotopic (exact) mass is 558 g/mol. The zero-order valence-electron chi connectivity index (χ0n) is 20.5. The van der Waals surface area contributed by atoms with Crippen LogP contribution in [0.25, 0.3) is 0 Å². The summed E-state index contributed by atoms with van der Waals surface area (Å²) in [7, 11) is -4.04. The molecule has 196 valence electrons. The van der Waals surface area contributed by atoms with Gasteiger partial charge in [-0.05, 0) is 51.0 Å². The molecule has 0 unspecified atom stereocenters. The van der Waals surface area contributed by atoms with E-state index in [1.165, 1.54) is 30.0 Å². The van der Waals surface area contributed by atoms with Gasteiger partial charge in [-0.3, -0.25) is 24.0 Å². The van der Waals surface area contributed by atoms with Gasteiger partial charge in [-0.25, -0.2) is 8.42 Å². The summed E-state index contributed by atoms with van der Waals surface area (Å²) < 4.78 is 26.2. The molecule has 13 heteroatoms. The normalized spacial score (nSPS) is 12.2. The first-order chi connectivity index (χ1) is 16.6. The van der Waals surface area contributed by atoms with Crippen LogP contribution in [0.15, 0.2) is 36.4 Å². The quantitative estimate of drug-likeness (QED) is 0.347. The number of hydrogen-bond donors (Lipinski definition) is 1. The van der Waals surface area contributed by atoms with Crippen molar-refractivity contribution in [2.45, 2.75) is 46.3 Å². The molecule has 2 aromatic carbocycles. The Kier molecular flexibility index (Phi) is 9.70. The highest BCUT2D eigenvalue weighted by molar-refractivity contribution is 7.92. The smallest absolute Gasteiger partial charge is 0.271 e. The molecule has 10 nitrogen and oxygen atoms in total. The van der Waals surface area contributed by atoms with Gasteiger partial charge in [0.05, 0.1) is 16.9 Å². The van der Waals surface area contributed by atoms with Crippen LogP contribution in [-0.4, -0.2) is 54.9 Å². The van der Waals surface area contributed by atoms with Crippen LogP contribution in [0.2, 0.25) is 10.0 Å². The van der Waals surface area contributed by atoms with Gasteiger partial charge < -0.3 is 10.2 Å². The number of sulfonamides is 1. The van der Waals surface area contributed by atoms with Gasteiger partial charge in [-0.1, -0.05) is 35.3 Å². The van der Waals surface area contributed by atoms with E-state index in [1.54, 1.807) is 32.9 Å². The van der Waals surface area contributed by atoms with Crippen molar-refractivity contribution in [2.75, 3.05) is 17.1 Å². The first kappa shape index (κ1) is 29.3. The Bertz CT molecular complexity index is 1270. The van der Waals surface area contributed by atoms with Gasteiger partial charge in [0.1, 0.15) is 12.6 Å². The number of rotatable bonds is 10. The first-order valence-electron chi connectivity index (χ1n) is 10.9.